The maximum atomic E-state index is 13.0. The number of imidazole rings is 1. The summed E-state index contributed by atoms with van der Waals surface area (Å²) in [5.41, 5.74) is -2.66. The van der Waals surface area contributed by atoms with Crippen molar-refractivity contribution in [1.82, 2.24) is 14.5 Å². The zero-order valence-electron chi connectivity index (χ0n) is 57.2. The topological polar surface area (TPSA) is 50.9 Å². The largest absolute Gasteiger partial charge is 0.507 e. The SMILES string of the molecule is [2H]C([2H])([2H])C(c1cc(-c2nc3c(-c4[c-]c(-c5cc(-c6ccc(-c7ccccc7)cc6)ccn5)cc(C(C)(C)C)c4)cccc3n2-c2ccc(-c3ccccc3)c(C(C)(C)C)c2)c(O)c(C(C([2H])([2H])[2H])(C([2H])([2H])[2H])C([2H])([2H])[2H])c1)(C([2H])([2H])[2H])C([2H])([2H])[2H].[Pt]. The monoisotopic (exact) mass is 1100 g/mol. The summed E-state index contributed by atoms with van der Waals surface area (Å²) < 4.78 is 160. The molecule has 2 heterocycles. The van der Waals surface area contributed by atoms with Crippen molar-refractivity contribution in [3.8, 4) is 78.6 Å². The molecule has 9 aromatic rings. The van der Waals surface area contributed by atoms with Gasteiger partial charge in [0.2, 0.25) is 0 Å². The van der Waals surface area contributed by atoms with Crippen molar-refractivity contribution in [3.63, 3.8) is 0 Å². The molecule has 0 bridgehead atoms. The minimum Gasteiger partial charge on any atom is -0.507 e. The zero-order valence-corrected chi connectivity index (χ0v) is 41.5. The first-order chi connectivity index (χ1) is 39.6. The van der Waals surface area contributed by atoms with Gasteiger partial charge in [-0.15, -0.1) is 29.3 Å². The second-order valence-electron chi connectivity index (χ2n) is 19.5. The minimum absolute atomic E-state index is 0. The first-order valence-corrected chi connectivity index (χ1v) is 22.5. The number of fused-ring (bicyclic) bond motifs is 1. The van der Waals surface area contributed by atoms with Crippen LogP contribution in [0.25, 0.3) is 83.9 Å². The van der Waals surface area contributed by atoms with Crippen LogP contribution in [0, 0.1) is 6.07 Å². The van der Waals surface area contributed by atoms with E-state index in [1.54, 1.807) is 30.5 Å². The van der Waals surface area contributed by atoms with E-state index >= 15 is 0 Å². The van der Waals surface area contributed by atoms with E-state index in [-0.39, 0.29) is 32.1 Å². The van der Waals surface area contributed by atoms with Crippen LogP contribution in [0.3, 0.4) is 0 Å². The van der Waals surface area contributed by atoms with Gasteiger partial charge in [-0.2, -0.15) is 0 Å². The van der Waals surface area contributed by atoms with E-state index in [1.165, 1.54) is 4.57 Å². The summed E-state index contributed by atoms with van der Waals surface area (Å²) in [6.07, 6.45) is 1.71. The third-order valence-electron chi connectivity index (χ3n) is 12.4. The number of nitrogens with zero attached hydrogens (tertiary/aromatic N) is 3. The van der Waals surface area contributed by atoms with Crippen molar-refractivity contribution >= 4 is 11.0 Å². The smallest absolute Gasteiger partial charge is 0.148 e. The van der Waals surface area contributed by atoms with E-state index in [0.717, 1.165) is 50.6 Å². The fourth-order valence-corrected chi connectivity index (χ4v) is 8.76. The molecule has 4 nitrogen and oxygen atoms in total. The predicted octanol–water partition coefficient (Wildman–Crippen LogP) is 17.1. The molecule has 7 aromatic carbocycles. The molecule has 0 saturated carbocycles. The Morgan fingerprint density at radius 1 is 0.493 bits per heavy atom. The number of benzene rings is 7. The molecule has 0 atom stereocenters. The van der Waals surface area contributed by atoms with E-state index in [4.69, 9.17) is 34.6 Å². The molecule has 0 radical (unpaired) electrons. The van der Waals surface area contributed by atoms with Gasteiger partial charge >= 0.3 is 0 Å². The molecule has 9 rings (SSSR count). The molecular weight excluding hydrogens is 1020 g/mol. The van der Waals surface area contributed by atoms with Crippen molar-refractivity contribution in [2.24, 2.45) is 0 Å². The Morgan fingerprint density at radius 3 is 1.74 bits per heavy atom. The van der Waals surface area contributed by atoms with Crippen LogP contribution in [-0.4, -0.2) is 19.6 Å². The third-order valence-corrected chi connectivity index (χ3v) is 12.4. The van der Waals surface area contributed by atoms with Gasteiger partial charge in [0.1, 0.15) is 11.6 Å². The van der Waals surface area contributed by atoms with Gasteiger partial charge in [-0.3, -0.25) is 9.55 Å². The van der Waals surface area contributed by atoms with E-state index < -0.39 is 91.0 Å². The standard InChI is InChI=1S/C64H64N3O.Pt/c1-61(2,3)48-35-46(34-47(36-48)56-37-45(32-33-65-56)43-28-26-42(27-29-43)41-20-15-13-16-21-41)52-24-19-25-57-58(52)66-60(53-38-49(62(4,5)6)39-55(59(53)68)64(10,11)12)67(57)50-30-31-51(44-22-17-14-18-23-44)54(40-50)63(7,8)9;/h13-33,35-40,68H,1-12H3;/q-1;/i4D3,5D3,6D3,10D3,11D3,12D3;. The van der Waals surface area contributed by atoms with Crippen LogP contribution >= 0.6 is 0 Å². The van der Waals surface area contributed by atoms with Crippen LogP contribution in [0.2, 0.25) is 0 Å². The van der Waals surface area contributed by atoms with Gasteiger partial charge < -0.3 is 5.11 Å². The van der Waals surface area contributed by atoms with Crippen LogP contribution in [0.15, 0.2) is 164 Å². The van der Waals surface area contributed by atoms with Gasteiger partial charge in [-0.05, 0) is 96.5 Å². The summed E-state index contributed by atoms with van der Waals surface area (Å²) in [4.78, 5) is 10.0. The molecule has 0 aliphatic rings. The zero-order chi connectivity index (χ0) is 63.3. The van der Waals surface area contributed by atoms with E-state index in [1.807, 2.05) is 151 Å². The molecule has 0 saturated heterocycles. The van der Waals surface area contributed by atoms with Crippen molar-refractivity contribution in [2.75, 3.05) is 0 Å². The van der Waals surface area contributed by atoms with Crippen LogP contribution in [0.4, 0.5) is 0 Å². The second-order valence-corrected chi connectivity index (χ2v) is 19.5. The molecule has 0 aliphatic heterocycles. The summed E-state index contributed by atoms with van der Waals surface area (Å²) in [6.45, 7) is -12.5. The molecule has 2 aromatic heterocycles. The minimum atomic E-state index is -4.14. The van der Waals surface area contributed by atoms with Crippen molar-refractivity contribution in [1.29, 1.82) is 0 Å². The Hall–Kier alpha value is -6.35. The second kappa shape index (κ2) is 18.5. The molecule has 69 heavy (non-hydrogen) atoms. The van der Waals surface area contributed by atoms with Gasteiger partial charge in [0.25, 0.3) is 0 Å². The van der Waals surface area contributed by atoms with Crippen molar-refractivity contribution < 1.29 is 50.8 Å². The fourth-order valence-electron chi connectivity index (χ4n) is 8.76. The van der Waals surface area contributed by atoms with Gasteiger partial charge in [-0.25, -0.2) is 4.98 Å². The van der Waals surface area contributed by atoms with Crippen molar-refractivity contribution in [2.45, 2.75) is 104 Å². The van der Waals surface area contributed by atoms with Gasteiger partial charge in [0, 0.05) is 68.9 Å². The number of hydrogen-bond donors (Lipinski definition) is 1. The average Bonchev–Trinajstić information content (AvgIpc) is 1.08. The Balaban J connectivity index is 0.00000982. The number of aromatic nitrogens is 3. The quantitative estimate of drug-likeness (QED) is 0.162. The fraction of sp³-hybridized carbons (Fsp3) is 0.250. The summed E-state index contributed by atoms with van der Waals surface area (Å²) in [5, 5.41) is 13.0. The maximum absolute atomic E-state index is 13.0. The predicted molar refractivity (Wildman–Crippen MR) is 287 cm³/mol. The van der Waals surface area contributed by atoms with Crippen LogP contribution in [0.5, 0.6) is 5.75 Å². The van der Waals surface area contributed by atoms with E-state index in [0.29, 0.717) is 34.1 Å². The Kier molecular flexibility index (Phi) is 8.32. The molecule has 0 fully saturated rings. The molecule has 0 aliphatic carbocycles. The third kappa shape index (κ3) is 9.93. The summed E-state index contributed by atoms with van der Waals surface area (Å²) in [6, 6.07) is 50.7. The number of aromatic hydroxyl groups is 1. The first kappa shape index (κ1) is 31.0. The molecule has 5 heteroatoms. The Bertz CT molecular complexity index is 3920. The number of para-hydroxylation sites is 1. The van der Waals surface area contributed by atoms with E-state index in [2.05, 4.69) is 18.2 Å². The van der Waals surface area contributed by atoms with E-state index in [9.17, 15) is 5.11 Å². The van der Waals surface area contributed by atoms with Crippen LogP contribution < -0.4 is 0 Å². The molecular formula is C64H64N3OPt-. The average molecular weight is 1100 g/mol. The van der Waals surface area contributed by atoms with Gasteiger partial charge in [-0.1, -0.05) is 209 Å². The molecule has 0 spiro atoms. The van der Waals surface area contributed by atoms with Crippen molar-refractivity contribution in [3.05, 3.63) is 192 Å². The normalized spacial score (nSPS) is 17.2. The molecule has 0 unspecified atom stereocenters. The van der Waals surface area contributed by atoms with Gasteiger partial charge in [0.05, 0.1) is 16.6 Å². The number of rotatable bonds is 7. The number of pyridine rings is 1. The summed E-state index contributed by atoms with van der Waals surface area (Å²) in [7, 11) is 0. The Morgan fingerprint density at radius 2 is 1.10 bits per heavy atom. The first-order valence-electron chi connectivity index (χ1n) is 31.5. The number of phenolic OH excluding ortho intramolecular Hbond substituents is 1. The number of hydrogen-bond acceptors (Lipinski definition) is 3. The van der Waals surface area contributed by atoms with Crippen LogP contribution in [-0.2, 0) is 42.7 Å². The Labute approximate surface area is 450 Å². The maximum Gasteiger partial charge on any atom is 0.148 e. The molecule has 1 N–H and O–H groups in total. The van der Waals surface area contributed by atoms with Gasteiger partial charge in [0.15, 0.2) is 0 Å². The summed E-state index contributed by atoms with van der Waals surface area (Å²) >= 11 is 0. The number of phenols is 1. The summed E-state index contributed by atoms with van der Waals surface area (Å²) in [5.74, 6) is -1.77. The molecule has 352 valence electrons. The van der Waals surface area contributed by atoms with Crippen LogP contribution in [0.1, 0.15) is 130 Å². The molecule has 0 amide bonds.